The molecule has 1 heterocycles. The molecule has 0 radical (unpaired) electrons. The molecule has 0 spiro atoms. The van der Waals surface area contributed by atoms with Crippen LogP contribution in [0.1, 0.15) is 18.4 Å². The molecule has 1 unspecified atom stereocenters. The Kier molecular flexibility index (Phi) is 5.76. The number of rotatable bonds is 4. The molecule has 7 heteroatoms. The van der Waals surface area contributed by atoms with Crippen LogP contribution in [-0.2, 0) is 11.2 Å². The van der Waals surface area contributed by atoms with Crippen molar-refractivity contribution in [1.29, 1.82) is 0 Å². The van der Waals surface area contributed by atoms with Crippen molar-refractivity contribution in [3.63, 3.8) is 0 Å². The molecule has 2 rings (SSSR count). The zero-order valence-corrected chi connectivity index (χ0v) is 13.6. The number of piperidine rings is 1. The van der Waals surface area contributed by atoms with E-state index in [4.69, 9.17) is 5.11 Å². The monoisotopic (exact) mass is 372 g/mol. The Morgan fingerprint density at radius 3 is 2.95 bits per heavy atom. The number of benzene rings is 1. The molecule has 1 aliphatic rings. The zero-order valence-electron chi connectivity index (χ0n) is 12.0. The Morgan fingerprint density at radius 1 is 1.45 bits per heavy atom. The van der Waals surface area contributed by atoms with E-state index in [-0.39, 0.29) is 18.4 Å². The highest BCUT2D eigenvalue weighted by molar-refractivity contribution is 9.10. The van der Waals surface area contributed by atoms with Crippen LogP contribution in [0.3, 0.4) is 0 Å². The predicted octanol–water partition coefficient (Wildman–Crippen LogP) is 2.64. The summed E-state index contributed by atoms with van der Waals surface area (Å²) in [6.45, 7) is 1.09. The van der Waals surface area contributed by atoms with E-state index in [1.807, 2.05) is 0 Å². The van der Waals surface area contributed by atoms with Gasteiger partial charge in [0, 0.05) is 24.1 Å². The molecular formula is C15H18BrFN2O3. The summed E-state index contributed by atoms with van der Waals surface area (Å²) in [5, 5.41) is 11.7. The molecule has 2 amide bonds. The van der Waals surface area contributed by atoms with Gasteiger partial charge in [0.15, 0.2) is 0 Å². The maximum atomic E-state index is 13.6. The molecule has 1 aliphatic heterocycles. The summed E-state index contributed by atoms with van der Waals surface area (Å²) in [5.41, 5.74) is 0.525. The van der Waals surface area contributed by atoms with Crippen molar-refractivity contribution in [2.24, 2.45) is 5.92 Å². The molecule has 1 saturated heterocycles. The Bertz CT molecular complexity index is 568. The van der Waals surface area contributed by atoms with Crippen molar-refractivity contribution >= 4 is 27.9 Å². The summed E-state index contributed by atoms with van der Waals surface area (Å²) in [4.78, 5) is 24.5. The molecule has 0 aliphatic carbocycles. The highest BCUT2D eigenvalue weighted by Gasteiger charge is 2.27. The highest BCUT2D eigenvalue weighted by Crippen LogP contribution is 2.17. The lowest BCUT2D eigenvalue weighted by atomic mass is 9.99. The van der Waals surface area contributed by atoms with E-state index in [0.29, 0.717) is 37.9 Å². The average Bonchev–Trinajstić information content (AvgIpc) is 2.50. The van der Waals surface area contributed by atoms with Crippen molar-refractivity contribution in [3.8, 4) is 0 Å². The van der Waals surface area contributed by atoms with Gasteiger partial charge in [-0.2, -0.15) is 0 Å². The fraction of sp³-hybridized carbons (Fsp3) is 0.467. The van der Waals surface area contributed by atoms with Crippen LogP contribution in [0.25, 0.3) is 0 Å². The van der Waals surface area contributed by atoms with Crippen LogP contribution in [-0.4, -0.2) is 41.6 Å². The van der Waals surface area contributed by atoms with Gasteiger partial charge in [-0.15, -0.1) is 0 Å². The first-order chi connectivity index (χ1) is 10.5. The van der Waals surface area contributed by atoms with E-state index >= 15 is 0 Å². The molecular weight excluding hydrogens is 355 g/mol. The standard InChI is InChI=1S/C15H18BrFN2O3/c16-12-3-4-13(17)10(8-12)5-6-18-15(22)19-7-1-2-11(9-19)14(20)21/h3-4,8,11H,1-2,5-7,9H2,(H,18,22)(H,20,21). The first kappa shape index (κ1) is 16.7. The van der Waals surface area contributed by atoms with Gasteiger partial charge in [-0.25, -0.2) is 9.18 Å². The number of hydrogen-bond acceptors (Lipinski definition) is 2. The fourth-order valence-electron chi connectivity index (χ4n) is 2.51. The molecule has 1 atom stereocenters. The normalized spacial score (nSPS) is 18.1. The van der Waals surface area contributed by atoms with E-state index in [0.717, 1.165) is 4.47 Å². The zero-order chi connectivity index (χ0) is 16.1. The van der Waals surface area contributed by atoms with Gasteiger partial charge < -0.3 is 15.3 Å². The third-order valence-electron chi connectivity index (χ3n) is 3.74. The molecule has 120 valence electrons. The van der Waals surface area contributed by atoms with Gasteiger partial charge in [0.05, 0.1) is 5.92 Å². The average molecular weight is 373 g/mol. The number of nitrogens with one attached hydrogen (secondary N) is 1. The minimum Gasteiger partial charge on any atom is -0.481 e. The Labute approximate surface area is 136 Å². The second kappa shape index (κ2) is 7.58. The molecule has 0 bridgehead atoms. The first-order valence-corrected chi connectivity index (χ1v) is 7.96. The summed E-state index contributed by atoms with van der Waals surface area (Å²) in [6, 6.07) is 4.39. The number of hydrogen-bond donors (Lipinski definition) is 2. The van der Waals surface area contributed by atoms with Gasteiger partial charge in [0.25, 0.3) is 0 Å². The molecule has 1 aromatic rings. The van der Waals surface area contributed by atoms with Crippen LogP contribution in [0.5, 0.6) is 0 Å². The number of likely N-dealkylation sites (tertiary alicyclic amines) is 1. The van der Waals surface area contributed by atoms with Gasteiger partial charge in [-0.1, -0.05) is 15.9 Å². The Balaban J connectivity index is 1.82. The van der Waals surface area contributed by atoms with Crippen LogP contribution < -0.4 is 5.32 Å². The number of nitrogens with zero attached hydrogens (tertiary/aromatic N) is 1. The van der Waals surface area contributed by atoms with Crippen LogP contribution in [0, 0.1) is 11.7 Å². The molecule has 1 aromatic carbocycles. The van der Waals surface area contributed by atoms with Crippen molar-refractivity contribution < 1.29 is 19.1 Å². The molecule has 0 aromatic heterocycles. The van der Waals surface area contributed by atoms with Crippen molar-refractivity contribution in [3.05, 3.63) is 34.1 Å². The number of amides is 2. The van der Waals surface area contributed by atoms with E-state index in [1.54, 1.807) is 12.1 Å². The summed E-state index contributed by atoms with van der Waals surface area (Å²) in [5.74, 6) is -1.67. The highest BCUT2D eigenvalue weighted by atomic mass is 79.9. The molecule has 22 heavy (non-hydrogen) atoms. The number of aliphatic carboxylic acids is 1. The second-order valence-electron chi connectivity index (χ2n) is 5.34. The predicted molar refractivity (Wildman–Crippen MR) is 83.1 cm³/mol. The van der Waals surface area contributed by atoms with E-state index in [2.05, 4.69) is 21.2 Å². The summed E-state index contributed by atoms with van der Waals surface area (Å²) < 4.78 is 14.4. The van der Waals surface area contributed by atoms with Crippen molar-refractivity contribution in [1.82, 2.24) is 10.2 Å². The first-order valence-electron chi connectivity index (χ1n) is 7.17. The molecule has 1 fully saturated rings. The van der Waals surface area contributed by atoms with Gasteiger partial charge in [0.1, 0.15) is 5.82 Å². The van der Waals surface area contributed by atoms with Gasteiger partial charge >= 0.3 is 12.0 Å². The second-order valence-corrected chi connectivity index (χ2v) is 6.26. The van der Waals surface area contributed by atoms with Crippen LogP contribution in [0.4, 0.5) is 9.18 Å². The number of halogens is 2. The van der Waals surface area contributed by atoms with Crippen LogP contribution in [0.15, 0.2) is 22.7 Å². The maximum absolute atomic E-state index is 13.6. The van der Waals surface area contributed by atoms with E-state index < -0.39 is 11.9 Å². The Morgan fingerprint density at radius 2 is 2.23 bits per heavy atom. The van der Waals surface area contributed by atoms with Crippen LogP contribution in [0.2, 0.25) is 0 Å². The Hall–Kier alpha value is -1.63. The maximum Gasteiger partial charge on any atom is 0.317 e. The number of carbonyl (C=O) groups excluding carboxylic acids is 1. The quantitative estimate of drug-likeness (QED) is 0.853. The van der Waals surface area contributed by atoms with Gasteiger partial charge in [-0.3, -0.25) is 4.79 Å². The third kappa shape index (κ3) is 4.43. The van der Waals surface area contributed by atoms with Crippen molar-refractivity contribution in [2.45, 2.75) is 19.3 Å². The van der Waals surface area contributed by atoms with E-state index in [1.165, 1.54) is 11.0 Å². The lowest BCUT2D eigenvalue weighted by molar-refractivity contribution is -0.143. The topological polar surface area (TPSA) is 69.6 Å². The van der Waals surface area contributed by atoms with Crippen molar-refractivity contribution in [2.75, 3.05) is 19.6 Å². The molecule has 0 saturated carbocycles. The molecule has 2 N–H and O–H groups in total. The van der Waals surface area contributed by atoms with Crippen LogP contribution >= 0.6 is 15.9 Å². The minimum atomic E-state index is -0.867. The lowest BCUT2D eigenvalue weighted by Gasteiger charge is -2.30. The molecule has 5 nitrogen and oxygen atoms in total. The SMILES string of the molecule is O=C(O)C1CCCN(C(=O)NCCc2cc(Br)ccc2F)C1. The smallest absolute Gasteiger partial charge is 0.317 e. The third-order valence-corrected chi connectivity index (χ3v) is 4.23. The lowest BCUT2D eigenvalue weighted by Crippen LogP contribution is -2.47. The van der Waals surface area contributed by atoms with E-state index in [9.17, 15) is 14.0 Å². The number of carboxylic acid groups (broad SMARTS) is 1. The summed E-state index contributed by atoms with van der Waals surface area (Å²) in [6.07, 6.45) is 1.67. The number of carboxylic acids is 1. The van der Waals surface area contributed by atoms with Gasteiger partial charge in [-0.05, 0) is 43.0 Å². The summed E-state index contributed by atoms with van der Waals surface area (Å²) in [7, 11) is 0. The largest absolute Gasteiger partial charge is 0.481 e. The summed E-state index contributed by atoms with van der Waals surface area (Å²) >= 11 is 3.28. The van der Waals surface area contributed by atoms with Gasteiger partial charge in [0.2, 0.25) is 0 Å². The number of carbonyl (C=O) groups is 2. The minimum absolute atomic E-state index is 0.229. The number of urea groups is 1. The fourth-order valence-corrected chi connectivity index (χ4v) is 2.92.